The van der Waals surface area contributed by atoms with Crippen LogP contribution in [-0.2, 0) is 23.9 Å². The summed E-state index contributed by atoms with van der Waals surface area (Å²) in [6.07, 6.45) is 0. The van der Waals surface area contributed by atoms with E-state index < -0.39 is 0 Å². The number of nitrogens with two attached hydrogens (primary N) is 1. The Hall–Kier alpha value is -2.29. The Labute approximate surface area is 165 Å². The molecule has 2 N–H and O–H groups in total. The highest BCUT2D eigenvalue weighted by molar-refractivity contribution is 5.77. The molecule has 2 rings (SSSR count). The minimum atomic E-state index is 0.164. The number of hydrogen-bond acceptors (Lipinski definition) is 1. The van der Waals surface area contributed by atoms with E-state index in [-0.39, 0.29) is 10.8 Å². The van der Waals surface area contributed by atoms with Gasteiger partial charge in [0.1, 0.15) is 0 Å². The topological polar surface area (TPSA) is 41.6 Å². The van der Waals surface area contributed by atoms with E-state index in [1.807, 2.05) is 0 Å². The van der Waals surface area contributed by atoms with Gasteiger partial charge < -0.3 is 10.6 Å². The predicted octanol–water partition coefficient (Wildman–Crippen LogP) is 5.23. The average Bonchev–Trinajstić information content (AvgIpc) is 2.60. The van der Waals surface area contributed by atoms with E-state index in [2.05, 4.69) is 100.0 Å². The number of rotatable bonds is 4. The van der Waals surface area contributed by atoms with Crippen LogP contribution in [0.3, 0.4) is 0 Å². The lowest BCUT2D eigenvalue weighted by atomic mass is 9.86. The molecule has 0 bridgehead atoms. The number of benzene rings is 2. The van der Waals surface area contributed by atoms with Crippen molar-refractivity contribution in [3.05, 3.63) is 70.8 Å². The van der Waals surface area contributed by atoms with E-state index in [0.29, 0.717) is 5.96 Å². The van der Waals surface area contributed by atoms with E-state index >= 15 is 0 Å². The largest absolute Gasteiger partial charge is 0.370 e. The summed E-state index contributed by atoms with van der Waals surface area (Å²) in [7, 11) is 1.74. The molecule has 3 heteroatoms. The highest BCUT2D eigenvalue weighted by atomic mass is 15.2. The maximum atomic E-state index is 6.19. The minimum Gasteiger partial charge on any atom is -0.370 e. The summed E-state index contributed by atoms with van der Waals surface area (Å²) in [4.78, 5) is 6.34. The summed E-state index contributed by atoms with van der Waals surface area (Å²) in [6.45, 7) is 14.9. The Morgan fingerprint density at radius 1 is 0.741 bits per heavy atom. The second-order valence-electron chi connectivity index (χ2n) is 9.33. The molecule has 3 nitrogen and oxygen atoms in total. The van der Waals surface area contributed by atoms with Crippen LogP contribution in [0.2, 0.25) is 0 Å². The van der Waals surface area contributed by atoms with Gasteiger partial charge in [-0.2, -0.15) is 0 Å². The summed E-state index contributed by atoms with van der Waals surface area (Å²) in [5.41, 5.74) is 11.7. The molecule has 0 aliphatic heterocycles. The van der Waals surface area contributed by atoms with E-state index in [1.54, 1.807) is 7.05 Å². The fourth-order valence-electron chi connectivity index (χ4n) is 3.02. The first kappa shape index (κ1) is 21.0. The van der Waals surface area contributed by atoms with Crippen LogP contribution in [0, 0.1) is 0 Å². The fourth-order valence-corrected chi connectivity index (χ4v) is 3.02. The summed E-state index contributed by atoms with van der Waals surface area (Å²) < 4.78 is 0. The van der Waals surface area contributed by atoms with Crippen LogP contribution >= 0.6 is 0 Å². The van der Waals surface area contributed by atoms with Crippen LogP contribution in [0.5, 0.6) is 0 Å². The zero-order valence-corrected chi connectivity index (χ0v) is 18.0. The van der Waals surface area contributed by atoms with Gasteiger partial charge in [0, 0.05) is 20.1 Å². The van der Waals surface area contributed by atoms with E-state index in [1.165, 1.54) is 22.3 Å². The molecule has 27 heavy (non-hydrogen) atoms. The lowest BCUT2D eigenvalue weighted by Gasteiger charge is -2.25. The number of aliphatic imine (C=N–C) groups is 1. The Morgan fingerprint density at radius 3 is 1.33 bits per heavy atom. The third-order valence-electron chi connectivity index (χ3n) is 4.94. The molecule has 0 atom stereocenters. The quantitative estimate of drug-likeness (QED) is 0.595. The smallest absolute Gasteiger partial charge is 0.191 e. The normalized spacial score (nSPS) is 12.9. The molecular formula is C24H35N3. The van der Waals surface area contributed by atoms with Crippen LogP contribution in [-0.4, -0.2) is 17.9 Å². The minimum absolute atomic E-state index is 0.164. The van der Waals surface area contributed by atoms with Gasteiger partial charge in [0.25, 0.3) is 0 Å². The van der Waals surface area contributed by atoms with Gasteiger partial charge >= 0.3 is 0 Å². The summed E-state index contributed by atoms with van der Waals surface area (Å²) in [6, 6.07) is 17.6. The predicted molar refractivity (Wildman–Crippen MR) is 117 cm³/mol. The zero-order chi connectivity index (χ0) is 20.2. The van der Waals surface area contributed by atoms with Crippen molar-refractivity contribution in [2.45, 2.75) is 65.5 Å². The van der Waals surface area contributed by atoms with Crippen LogP contribution < -0.4 is 5.73 Å². The van der Waals surface area contributed by atoms with Gasteiger partial charge in [0.15, 0.2) is 5.96 Å². The van der Waals surface area contributed by atoms with Crippen molar-refractivity contribution in [1.82, 2.24) is 4.90 Å². The van der Waals surface area contributed by atoms with Gasteiger partial charge in [-0.25, -0.2) is 0 Å². The molecule has 0 unspecified atom stereocenters. The third-order valence-corrected chi connectivity index (χ3v) is 4.94. The van der Waals surface area contributed by atoms with Gasteiger partial charge in [-0.1, -0.05) is 90.1 Å². The Kier molecular flexibility index (Phi) is 6.35. The second kappa shape index (κ2) is 8.16. The van der Waals surface area contributed by atoms with Gasteiger partial charge in [0.05, 0.1) is 0 Å². The molecule has 0 aromatic heterocycles. The standard InChI is InChI=1S/C24H35N3/c1-23(2,3)20-12-8-18(9-13-20)16-27(22(25)26-7)17-19-10-14-21(15-11-19)24(4,5)6/h8-15H,16-17H2,1-7H3,(H2,25,26). The Balaban J connectivity index is 2.16. The molecule has 0 fully saturated rings. The van der Waals surface area contributed by atoms with E-state index in [9.17, 15) is 0 Å². The maximum absolute atomic E-state index is 6.19. The lowest BCUT2D eigenvalue weighted by Crippen LogP contribution is -2.36. The Morgan fingerprint density at radius 2 is 1.07 bits per heavy atom. The molecule has 0 spiro atoms. The van der Waals surface area contributed by atoms with Crippen molar-refractivity contribution in [2.75, 3.05) is 7.05 Å². The maximum Gasteiger partial charge on any atom is 0.191 e. The SMILES string of the molecule is CN=C(N)N(Cc1ccc(C(C)(C)C)cc1)Cc1ccc(C(C)(C)C)cc1. The molecule has 2 aromatic carbocycles. The molecular weight excluding hydrogens is 330 g/mol. The highest BCUT2D eigenvalue weighted by Crippen LogP contribution is 2.24. The van der Waals surface area contributed by atoms with Crippen molar-refractivity contribution < 1.29 is 0 Å². The number of guanidine groups is 1. The van der Waals surface area contributed by atoms with Gasteiger partial charge in [0.2, 0.25) is 0 Å². The first-order valence-corrected chi connectivity index (χ1v) is 9.67. The Bertz CT molecular complexity index is 698. The third kappa shape index (κ3) is 5.85. The van der Waals surface area contributed by atoms with Crippen LogP contribution in [0.1, 0.15) is 63.8 Å². The van der Waals surface area contributed by atoms with Crippen LogP contribution in [0.25, 0.3) is 0 Å². The second-order valence-corrected chi connectivity index (χ2v) is 9.33. The molecule has 146 valence electrons. The number of hydrogen-bond donors (Lipinski definition) is 1. The zero-order valence-electron chi connectivity index (χ0n) is 18.0. The molecule has 0 saturated carbocycles. The van der Waals surface area contributed by atoms with E-state index in [4.69, 9.17) is 5.73 Å². The van der Waals surface area contributed by atoms with E-state index in [0.717, 1.165) is 13.1 Å². The summed E-state index contributed by atoms with van der Waals surface area (Å²) in [5.74, 6) is 0.565. The first-order chi connectivity index (χ1) is 12.5. The lowest BCUT2D eigenvalue weighted by molar-refractivity contribution is 0.401. The van der Waals surface area contributed by atoms with Gasteiger partial charge in [-0.15, -0.1) is 0 Å². The van der Waals surface area contributed by atoms with Crippen molar-refractivity contribution in [3.8, 4) is 0 Å². The van der Waals surface area contributed by atoms with Crippen molar-refractivity contribution in [1.29, 1.82) is 0 Å². The van der Waals surface area contributed by atoms with Crippen LogP contribution in [0.4, 0.5) is 0 Å². The molecule has 0 aliphatic carbocycles. The molecule has 0 saturated heterocycles. The fraction of sp³-hybridized carbons (Fsp3) is 0.458. The van der Waals surface area contributed by atoms with Gasteiger partial charge in [-0.3, -0.25) is 4.99 Å². The average molecular weight is 366 g/mol. The van der Waals surface area contributed by atoms with Crippen molar-refractivity contribution in [2.24, 2.45) is 10.7 Å². The summed E-state index contributed by atoms with van der Waals surface area (Å²) >= 11 is 0. The highest BCUT2D eigenvalue weighted by Gasteiger charge is 2.16. The molecule has 2 aromatic rings. The first-order valence-electron chi connectivity index (χ1n) is 9.67. The van der Waals surface area contributed by atoms with Crippen molar-refractivity contribution in [3.63, 3.8) is 0 Å². The van der Waals surface area contributed by atoms with Crippen LogP contribution in [0.15, 0.2) is 53.5 Å². The summed E-state index contributed by atoms with van der Waals surface area (Å²) in [5, 5.41) is 0. The molecule has 0 aliphatic rings. The number of nitrogens with zero attached hydrogens (tertiary/aromatic N) is 2. The molecule has 0 radical (unpaired) electrons. The molecule has 0 heterocycles. The van der Waals surface area contributed by atoms with Gasteiger partial charge in [-0.05, 0) is 33.1 Å². The van der Waals surface area contributed by atoms with Crippen molar-refractivity contribution >= 4 is 5.96 Å². The monoisotopic (exact) mass is 365 g/mol. The molecule has 0 amide bonds.